The molecule has 0 aliphatic heterocycles. The highest BCUT2D eigenvalue weighted by atomic mass is 127. The van der Waals surface area contributed by atoms with Gasteiger partial charge in [0.15, 0.2) is 0 Å². The zero-order valence-electron chi connectivity index (χ0n) is 9.40. The second-order valence-electron chi connectivity index (χ2n) is 4.03. The molecule has 0 fully saturated rings. The highest BCUT2D eigenvalue weighted by molar-refractivity contribution is 14.1. The van der Waals surface area contributed by atoms with E-state index in [1.54, 1.807) is 0 Å². The van der Waals surface area contributed by atoms with Gasteiger partial charge in [-0.25, -0.2) is 4.98 Å². The summed E-state index contributed by atoms with van der Waals surface area (Å²) in [4.78, 5) is 4.64. The molecule has 0 saturated carbocycles. The van der Waals surface area contributed by atoms with E-state index in [0.717, 1.165) is 20.0 Å². The van der Waals surface area contributed by atoms with Crippen LogP contribution in [0.25, 0.3) is 22.0 Å². The largest absolute Gasteiger partial charge is 0.241 e. The molecule has 0 amide bonds. The van der Waals surface area contributed by atoms with E-state index in [1.165, 1.54) is 10.8 Å². The van der Waals surface area contributed by atoms with E-state index in [0.29, 0.717) is 0 Å². The lowest BCUT2D eigenvalue weighted by Gasteiger charge is -2.05. The number of aromatic nitrogens is 1. The van der Waals surface area contributed by atoms with Crippen LogP contribution < -0.4 is 0 Å². The lowest BCUT2D eigenvalue weighted by Crippen LogP contribution is -1.89. The Morgan fingerprint density at radius 1 is 0.944 bits per heavy atom. The molecule has 1 aromatic heterocycles. The minimum Gasteiger partial charge on any atom is -0.241 e. The van der Waals surface area contributed by atoms with E-state index in [9.17, 15) is 0 Å². The number of fused-ring (bicyclic) bond motifs is 1. The molecule has 0 saturated heterocycles. The second kappa shape index (κ2) is 4.86. The quantitative estimate of drug-likeness (QED) is 0.429. The minimum absolute atomic E-state index is 0.745. The molecule has 18 heavy (non-hydrogen) atoms. The van der Waals surface area contributed by atoms with Crippen LogP contribution in [0.2, 0.25) is 5.02 Å². The highest BCUT2D eigenvalue weighted by Gasteiger charge is 2.05. The first-order chi connectivity index (χ1) is 8.74. The summed E-state index contributed by atoms with van der Waals surface area (Å²) in [6.07, 6.45) is 0. The Bertz CT molecular complexity index is 707. The lowest BCUT2D eigenvalue weighted by molar-refractivity contribution is 1.31. The molecule has 0 atom stereocenters. The third-order valence-electron chi connectivity index (χ3n) is 2.83. The molecule has 0 aliphatic rings. The number of halogens is 2. The van der Waals surface area contributed by atoms with Gasteiger partial charge in [0.05, 0.1) is 5.69 Å². The van der Waals surface area contributed by atoms with Crippen molar-refractivity contribution in [3.63, 3.8) is 0 Å². The van der Waals surface area contributed by atoms with Crippen LogP contribution in [0.1, 0.15) is 0 Å². The van der Waals surface area contributed by atoms with E-state index < -0.39 is 0 Å². The van der Waals surface area contributed by atoms with Crippen molar-refractivity contribution < 1.29 is 0 Å². The van der Waals surface area contributed by atoms with Crippen molar-refractivity contribution in [2.75, 3.05) is 0 Å². The van der Waals surface area contributed by atoms with Crippen molar-refractivity contribution in [3.8, 4) is 11.3 Å². The van der Waals surface area contributed by atoms with Gasteiger partial charge in [0, 0.05) is 16.0 Å². The van der Waals surface area contributed by atoms with Crippen molar-refractivity contribution in [1.29, 1.82) is 0 Å². The highest BCUT2D eigenvalue weighted by Crippen LogP contribution is 2.26. The first kappa shape index (κ1) is 11.9. The van der Waals surface area contributed by atoms with Crippen LogP contribution in [-0.2, 0) is 0 Å². The summed E-state index contributed by atoms with van der Waals surface area (Å²) in [5, 5.41) is 3.15. The van der Waals surface area contributed by atoms with Gasteiger partial charge in [-0.2, -0.15) is 0 Å². The molecule has 0 N–H and O–H groups in total. The minimum atomic E-state index is 0.745. The summed E-state index contributed by atoms with van der Waals surface area (Å²) in [5.74, 6) is 0. The maximum absolute atomic E-state index is 5.90. The van der Waals surface area contributed by atoms with Crippen LogP contribution in [0.5, 0.6) is 0 Å². The van der Waals surface area contributed by atoms with Crippen molar-refractivity contribution in [2.24, 2.45) is 0 Å². The average molecular weight is 366 g/mol. The summed E-state index contributed by atoms with van der Waals surface area (Å²) in [7, 11) is 0. The lowest BCUT2D eigenvalue weighted by atomic mass is 10.1. The van der Waals surface area contributed by atoms with E-state index >= 15 is 0 Å². The predicted octanol–water partition coefficient (Wildman–Crippen LogP) is 5.16. The summed E-state index contributed by atoms with van der Waals surface area (Å²) < 4.78 is 1.02. The molecule has 0 unspecified atom stereocenters. The van der Waals surface area contributed by atoms with Crippen molar-refractivity contribution in [2.45, 2.75) is 0 Å². The number of hydrogen-bond donors (Lipinski definition) is 0. The van der Waals surface area contributed by atoms with Gasteiger partial charge in [0.2, 0.25) is 0 Å². The number of benzene rings is 2. The summed E-state index contributed by atoms with van der Waals surface area (Å²) >= 11 is 8.18. The number of hydrogen-bond acceptors (Lipinski definition) is 1. The van der Waals surface area contributed by atoms with Crippen LogP contribution in [0, 0.1) is 3.70 Å². The maximum Gasteiger partial charge on any atom is 0.109 e. The zero-order valence-corrected chi connectivity index (χ0v) is 12.3. The number of pyridine rings is 1. The van der Waals surface area contributed by atoms with Crippen molar-refractivity contribution in [3.05, 3.63) is 63.3 Å². The maximum atomic E-state index is 5.90. The molecule has 0 spiro atoms. The topological polar surface area (TPSA) is 12.9 Å². The van der Waals surface area contributed by atoms with Gasteiger partial charge >= 0.3 is 0 Å². The van der Waals surface area contributed by atoms with E-state index in [4.69, 9.17) is 11.6 Å². The fourth-order valence-electron chi connectivity index (χ4n) is 1.92. The van der Waals surface area contributed by atoms with Crippen molar-refractivity contribution in [1.82, 2.24) is 4.98 Å². The van der Waals surface area contributed by atoms with Crippen LogP contribution in [0.3, 0.4) is 0 Å². The molecule has 0 radical (unpaired) electrons. The normalized spacial score (nSPS) is 10.8. The van der Waals surface area contributed by atoms with Gasteiger partial charge in [0.25, 0.3) is 0 Å². The SMILES string of the molecule is Clc1ccc(-c2cc3ccccc3c(I)n2)cc1. The first-order valence-corrected chi connectivity index (χ1v) is 7.01. The second-order valence-corrected chi connectivity index (χ2v) is 5.48. The fraction of sp³-hybridized carbons (Fsp3) is 0. The Morgan fingerprint density at radius 2 is 1.67 bits per heavy atom. The molecule has 0 bridgehead atoms. The molecule has 2 aromatic carbocycles. The molecular formula is C15H9ClIN. The van der Waals surface area contributed by atoms with Gasteiger partial charge in [-0.3, -0.25) is 0 Å². The van der Waals surface area contributed by atoms with Crippen LogP contribution in [-0.4, -0.2) is 4.98 Å². The molecule has 1 nitrogen and oxygen atoms in total. The summed E-state index contributed by atoms with van der Waals surface area (Å²) in [5.41, 5.74) is 2.07. The molecular weight excluding hydrogens is 357 g/mol. The van der Waals surface area contributed by atoms with E-state index in [1.807, 2.05) is 36.4 Å². The van der Waals surface area contributed by atoms with E-state index in [-0.39, 0.29) is 0 Å². The smallest absolute Gasteiger partial charge is 0.109 e. The zero-order chi connectivity index (χ0) is 12.5. The molecule has 1 heterocycles. The molecule has 3 rings (SSSR count). The standard InChI is InChI=1S/C15H9ClIN/c16-12-7-5-10(6-8-12)14-9-11-3-1-2-4-13(11)15(17)18-14/h1-9H. The van der Waals surface area contributed by atoms with Gasteiger partial charge in [-0.15, -0.1) is 0 Å². The van der Waals surface area contributed by atoms with Gasteiger partial charge in [-0.1, -0.05) is 48.0 Å². The van der Waals surface area contributed by atoms with Crippen LogP contribution in [0.15, 0.2) is 54.6 Å². The third-order valence-corrected chi connectivity index (χ3v) is 3.91. The van der Waals surface area contributed by atoms with Gasteiger partial charge < -0.3 is 0 Å². The van der Waals surface area contributed by atoms with Crippen LogP contribution >= 0.6 is 34.2 Å². The number of rotatable bonds is 1. The first-order valence-electron chi connectivity index (χ1n) is 5.55. The Morgan fingerprint density at radius 3 is 2.44 bits per heavy atom. The molecule has 0 aliphatic carbocycles. The average Bonchev–Trinajstić information content (AvgIpc) is 2.39. The fourth-order valence-corrected chi connectivity index (χ4v) is 2.80. The van der Waals surface area contributed by atoms with E-state index in [2.05, 4.69) is 45.8 Å². The number of nitrogens with zero attached hydrogens (tertiary/aromatic N) is 1. The Kier molecular flexibility index (Phi) is 3.22. The predicted molar refractivity (Wildman–Crippen MR) is 84.9 cm³/mol. The monoisotopic (exact) mass is 365 g/mol. The molecule has 3 heteroatoms. The summed E-state index contributed by atoms with van der Waals surface area (Å²) in [6.45, 7) is 0. The summed E-state index contributed by atoms with van der Waals surface area (Å²) in [6, 6.07) is 18.2. The van der Waals surface area contributed by atoms with Gasteiger partial charge in [-0.05, 0) is 46.2 Å². The third kappa shape index (κ3) is 2.22. The Hall–Kier alpha value is -1.13. The van der Waals surface area contributed by atoms with Crippen molar-refractivity contribution >= 4 is 45.0 Å². The Balaban J connectivity index is 2.21. The Labute approximate surface area is 124 Å². The van der Waals surface area contributed by atoms with Crippen LogP contribution in [0.4, 0.5) is 0 Å². The molecule has 88 valence electrons. The van der Waals surface area contributed by atoms with Gasteiger partial charge in [0.1, 0.15) is 3.70 Å². The molecule has 3 aromatic rings.